The van der Waals surface area contributed by atoms with E-state index in [1.807, 2.05) is 12.1 Å². The Kier molecular flexibility index (Phi) is 5.85. The maximum absolute atomic E-state index is 5.85. The number of nitrogen functional groups attached to an aromatic ring is 1. The third kappa shape index (κ3) is 4.54. The third-order valence-corrected chi connectivity index (χ3v) is 3.38. The fourth-order valence-electron chi connectivity index (χ4n) is 1.71. The van der Waals surface area contributed by atoms with Crippen LogP contribution in [0.1, 0.15) is 31.7 Å². The van der Waals surface area contributed by atoms with Crippen molar-refractivity contribution in [3.05, 3.63) is 28.2 Å². The topological polar surface area (TPSA) is 29.3 Å². The zero-order valence-corrected chi connectivity index (χ0v) is 11.8. The van der Waals surface area contributed by atoms with Crippen LogP contribution in [0.2, 0.25) is 0 Å². The quantitative estimate of drug-likeness (QED) is 0.638. The summed E-state index contributed by atoms with van der Waals surface area (Å²) in [5.41, 5.74) is 7.95. The first-order valence-corrected chi connectivity index (χ1v) is 6.65. The molecule has 0 heterocycles. The van der Waals surface area contributed by atoms with Crippen molar-refractivity contribution in [3.8, 4) is 0 Å². The SMILES string of the molecule is CCCCCN(C)Cc1ccc(Br)c(N)c1. The minimum atomic E-state index is 0.819. The van der Waals surface area contributed by atoms with Gasteiger partial charge in [0.1, 0.15) is 0 Å². The molecule has 90 valence electrons. The number of hydrogen-bond donors (Lipinski definition) is 1. The summed E-state index contributed by atoms with van der Waals surface area (Å²) in [7, 11) is 2.16. The van der Waals surface area contributed by atoms with Gasteiger partial charge in [0, 0.05) is 16.7 Å². The molecule has 1 aromatic rings. The maximum Gasteiger partial charge on any atom is 0.0461 e. The van der Waals surface area contributed by atoms with Gasteiger partial charge in [-0.05, 0) is 53.6 Å². The van der Waals surface area contributed by atoms with Gasteiger partial charge in [-0.2, -0.15) is 0 Å². The fourth-order valence-corrected chi connectivity index (χ4v) is 1.96. The number of hydrogen-bond acceptors (Lipinski definition) is 2. The molecule has 0 saturated carbocycles. The van der Waals surface area contributed by atoms with Gasteiger partial charge >= 0.3 is 0 Å². The van der Waals surface area contributed by atoms with E-state index in [1.54, 1.807) is 0 Å². The molecule has 2 N–H and O–H groups in total. The lowest BCUT2D eigenvalue weighted by atomic mass is 10.2. The molecule has 0 atom stereocenters. The Balaban J connectivity index is 2.43. The fraction of sp³-hybridized carbons (Fsp3) is 0.538. The van der Waals surface area contributed by atoms with Crippen LogP contribution in [-0.2, 0) is 6.54 Å². The molecule has 0 aliphatic rings. The first kappa shape index (κ1) is 13.5. The Morgan fingerprint density at radius 2 is 2.06 bits per heavy atom. The molecule has 1 rings (SSSR count). The van der Waals surface area contributed by atoms with E-state index in [4.69, 9.17) is 5.73 Å². The highest BCUT2D eigenvalue weighted by atomic mass is 79.9. The Hall–Kier alpha value is -0.540. The lowest BCUT2D eigenvalue weighted by Crippen LogP contribution is -2.19. The summed E-state index contributed by atoms with van der Waals surface area (Å²) in [5, 5.41) is 0. The van der Waals surface area contributed by atoms with Gasteiger partial charge in [-0.1, -0.05) is 25.8 Å². The monoisotopic (exact) mass is 284 g/mol. The van der Waals surface area contributed by atoms with Gasteiger partial charge in [-0.3, -0.25) is 0 Å². The molecule has 0 aliphatic heterocycles. The van der Waals surface area contributed by atoms with Crippen LogP contribution in [0.5, 0.6) is 0 Å². The predicted molar refractivity (Wildman–Crippen MR) is 74.4 cm³/mol. The average molecular weight is 285 g/mol. The van der Waals surface area contributed by atoms with Crippen LogP contribution >= 0.6 is 15.9 Å². The molecule has 0 saturated heterocycles. The summed E-state index contributed by atoms with van der Waals surface area (Å²) in [5.74, 6) is 0. The Morgan fingerprint density at radius 3 is 2.69 bits per heavy atom. The van der Waals surface area contributed by atoms with Crippen molar-refractivity contribution in [2.24, 2.45) is 0 Å². The number of rotatable bonds is 6. The molecule has 0 aliphatic carbocycles. The van der Waals surface area contributed by atoms with Crippen molar-refractivity contribution < 1.29 is 0 Å². The molecular weight excluding hydrogens is 264 g/mol. The van der Waals surface area contributed by atoms with Gasteiger partial charge in [0.05, 0.1) is 0 Å². The van der Waals surface area contributed by atoms with E-state index in [0.717, 1.165) is 23.2 Å². The molecule has 1 aromatic carbocycles. The highest BCUT2D eigenvalue weighted by molar-refractivity contribution is 9.10. The van der Waals surface area contributed by atoms with Gasteiger partial charge in [0.2, 0.25) is 0 Å². The molecule has 0 bridgehead atoms. The first-order valence-electron chi connectivity index (χ1n) is 5.86. The van der Waals surface area contributed by atoms with Gasteiger partial charge in [-0.25, -0.2) is 0 Å². The average Bonchev–Trinajstić information content (AvgIpc) is 2.24. The Morgan fingerprint density at radius 1 is 1.31 bits per heavy atom. The lowest BCUT2D eigenvalue weighted by molar-refractivity contribution is 0.318. The molecule has 16 heavy (non-hydrogen) atoms. The molecule has 0 unspecified atom stereocenters. The smallest absolute Gasteiger partial charge is 0.0461 e. The number of anilines is 1. The number of halogens is 1. The van der Waals surface area contributed by atoms with Gasteiger partial charge in [0.15, 0.2) is 0 Å². The second-order valence-electron chi connectivity index (χ2n) is 4.30. The second kappa shape index (κ2) is 6.92. The molecule has 0 radical (unpaired) electrons. The zero-order valence-electron chi connectivity index (χ0n) is 10.2. The lowest BCUT2D eigenvalue weighted by Gasteiger charge is -2.16. The summed E-state index contributed by atoms with van der Waals surface area (Å²) in [4.78, 5) is 2.35. The van der Waals surface area contributed by atoms with E-state index in [0.29, 0.717) is 0 Å². The minimum Gasteiger partial charge on any atom is -0.398 e. The van der Waals surface area contributed by atoms with E-state index in [1.165, 1.54) is 24.8 Å². The largest absolute Gasteiger partial charge is 0.398 e. The van der Waals surface area contributed by atoms with E-state index in [2.05, 4.69) is 40.9 Å². The number of unbranched alkanes of at least 4 members (excludes halogenated alkanes) is 2. The summed E-state index contributed by atoms with van der Waals surface area (Å²) in [6.07, 6.45) is 3.87. The molecule has 0 spiro atoms. The van der Waals surface area contributed by atoms with E-state index >= 15 is 0 Å². The van der Waals surface area contributed by atoms with Crippen LogP contribution in [-0.4, -0.2) is 18.5 Å². The van der Waals surface area contributed by atoms with Crippen LogP contribution in [0.4, 0.5) is 5.69 Å². The van der Waals surface area contributed by atoms with Crippen molar-refractivity contribution in [2.45, 2.75) is 32.7 Å². The highest BCUT2D eigenvalue weighted by Gasteiger charge is 2.02. The van der Waals surface area contributed by atoms with Crippen LogP contribution in [0.3, 0.4) is 0 Å². The molecular formula is C13H21BrN2. The molecule has 2 nitrogen and oxygen atoms in total. The van der Waals surface area contributed by atoms with Crippen molar-refractivity contribution >= 4 is 21.6 Å². The minimum absolute atomic E-state index is 0.819. The molecule has 3 heteroatoms. The van der Waals surface area contributed by atoms with Crippen molar-refractivity contribution in [1.29, 1.82) is 0 Å². The molecule has 0 aromatic heterocycles. The van der Waals surface area contributed by atoms with Crippen molar-refractivity contribution in [1.82, 2.24) is 4.90 Å². The maximum atomic E-state index is 5.85. The zero-order chi connectivity index (χ0) is 12.0. The number of benzene rings is 1. The van der Waals surface area contributed by atoms with Gasteiger partial charge < -0.3 is 10.6 Å². The first-order chi connectivity index (χ1) is 7.63. The van der Waals surface area contributed by atoms with E-state index in [9.17, 15) is 0 Å². The number of nitrogens with two attached hydrogens (primary N) is 1. The van der Waals surface area contributed by atoms with Crippen molar-refractivity contribution in [3.63, 3.8) is 0 Å². The summed E-state index contributed by atoms with van der Waals surface area (Å²) in [6.45, 7) is 4.36. The van der Waals surface area contributed by atoms with Gasteiger partial charge in [-0.15, -0.1) is 0 Å². The van der Waals surface area contributed by atoms with E-state index in [-0.39, 0.29) is 0 Å². The van der Waals surface area contributed by atoms with E-state index < -0.39 is 0 Å². The Bertz CT molecular complexity index is 326. The summed E-state index contributed by atoms with van der Waals surface area (Å²) >= 11 is 3.41. The van der Waals surface area contributed by atoms with Gasteiger partial charge in [0.25, 0.3) is 0 Å². The normalized spacial score (nSPS) is 11.0. The van der Waals surface area contributed by atoms with Crippen LogP contribution in [0.25, 0.3) is 0 Å². The van der Waals surface area contributed by atoms with Crippen LogP contribution < -0.4 is 5.73 Å². The molecule has 0 amide bonds. The van der Waals surface area contributed by atoms with Crippen LogP contribution in [0, 0.1) is 0 Å². The molecule has 0 fully saturated rings. The Labute approximate surface area is 107 Å². The summed E-state index contributed by atoms with van der Waals surface area (Å²) < 4.78 is 0.977. The summed E-state index contributed by atoms with van der Waals surface area (Å²) in [6, 6.07) is 6.18. The van der Waals surface area contributed by atoms with Crippen molar-refractivity contribution in [2.75, 3.05) is 19.3 Å². The van der Waals surface area contributed by atoms with Crippen LogP contribution in [0.15, 0.2) is 22.7 Å². The highest BCUT2D eigenvalue weighted by Crippen LogP contribution is 2.20. The third-order valence-electron chi connectivity index (χ3n) is 2.66. The number of nitrogens with zero attached hydrogens (tertiary/aromatic N) is 1. The second-order valence-corrected chi connectivity index (χ2v) is 5.16. The standard InChI is InChI=1S/C13H21BrN2/c1-3-4-5-8-16(2)10-11-6-7-12(14)13(15)9-11/h6-7,9H,3-5,8,10,15H2,1-2H3. The predicted octanol–water partition coefficient (Wildman–Crippen LogP) is 3.65.